The molecule has 0 aromatic heterocycles. The van der Waals surface area contributed by atoms with Crippen LogP contribution in [0.25, 0.3) is 0 Å². The second kappa shape index (κ2) is 6.98. The zero-order valence-electron chi connectivity index (χ0n) is 11.7. The smallest absolute Gasteiger partial charge is 0.407 e. The average molecular weight is 292 g/mol. The van der Waals surface area contributed by atoms with E-state index in [0.29, 0.717) is 6.42 Å². The van der Waals surface area contributed by atoms with E-state index < -0.39 is 11.7 Å². The van der Waals surface area contributed by atoms with Crippen LogP contribution in [0.5, 0.6) is 0 Å². The summed E-state index contributed by atoms with van der Waals surface area (Å²) in [7, 11) is 0. The Balaban J connectivity index is 2.42. The van der Waals surface area contributed by atoms with Crippen molar-refractivity contribution in [1.82, 2.24) is 5.32 Å². The van der Waals surface area contributed by atoms with Crippen molar-refractivity contribution in [2.75, 3.05) is 6.07 Å². The third-order valence-corrected chi connectivity index (χ3v) is 3.03. The quantitative estimate of drug-likeness (QED) is 0.641. The van der Waals surface area contributed by atoms with Gasteiger partial charge in [-0.05, 0) is 40.0 Å². The van der Waals surface area contributed by atoms with Gasteiger partial charge in [-0.2, -0.15) is 0 Å². The third kappa shape index (κ3) is 6.14. The number of alkyl halides is 1. The van der Waals surface area contributed by atoms with Crippen molar-refractivity contribution in [3.8, 4) is 0 Å². The van der Waals surface area contributed by atoms with E-state index in [9.17, 15) is 9.59 Å². The van der Waals surface area contributed by atoms with Gasteiger partial charge < -0.3 is 14.8 Å². The van der Waals surface area contributed by atoms with Gasteiger partial charge in [-0.25, -0.2) is 4.79 Å². The highest BCUT2D eigenvalue weighted by atomic mass is 35.5. The minimum atomic E-state index is -0.518. The summed E-state index contributed by atoms with van der Waals surface area (Å²) < 4.78 is 9.99. The topological polar surface area (TPSA) is 64.6 Å². The maximum Gasteiger partial charge on any atom is 0.407 e. The highest BCUT2D eigenvalue weighted by Crippen LogP contribution is 2.25. The molecule has 0 aromatic carbocycles. The van der Waals surface area contributed by atoms with Crippen molar-refractivity contribution in [1.29, 1.82) is 0 Å². The first-order valence-electron chi connectivity index (χ1n) is 6.54. The molecule has 6 heteroatoms. The van der Waals surface area contributed by atoms with E-state index >= 15 is 0 Å². The molecule has 0 heterocycles. The highest BCUT2D eigenvalue weighted by molar-refractivity contribution is 6.17. The first-order chi connectivity index (χ1) is 8.81. The number of carbonyl (C=O) groups is 2. The molecule has 5 nitrogen and oxygen atoms in total. The van der Waals surface area contributed by atoms with E-state index in [2.05, 4.69) is 5.32 Å². The molecule has 1 amide bonds. The first kappa shape index (κ1) is 16.1. The minimum Gasteiger partial charge on any atom is -0.449 e. The number of esters is 1. The van der Waals surface area contributed by atoms with Gasteiger partial charge in [0.05, 0.1) is 5.92 Å². The molecule has 1 fully saturated rings. The van der Waals surface area contributed by atoms with Gasteiger partial charge >= 0.3 is 12.1 Å². The first-order valence-corrected chi connectivity index (χ1v) is 7.07. The monoisotopic (exact) mass is 291 g/mol. The van der Waals surface area contributed by atoms with Crippen LogP contribution in [0.3, 0.4) is 0 Å². The van der Waals surface area contributed by atoms with Crippen LogP contribution in [0.4, 0.5) is 4.79 Å². The van der Waals surface area contributed by atoms with Gasteiger partial charge in [0.2, 0.25) is 0 Å². The number of nitrogens with one attached hydrogen (secondary N) is 1. The van der Waals surface area contributed by atoms with E-state index in [0.717, 1.165) is 19.3 Å². The van der Waals surface area contributed by atoms with Gasteiger partial charge in [-0.3, -0.25) is 4.79 Å². The van der Waals surface area contributed by atoms with E-state index in [1.54, 1.807) is 0 Å². The van der Waals surface area contributed by atoms with Gasteiger partial charge in [-0.1, -0.05) is 18.0 Å². The summed E-state index contributed by atoms with van der Waals surface area (Å²) >= 11 is 5.38. The Labute approximate surface area is 119 Å². The number of rotatable bonds is 3. The fraction of sp³-hybridized carbons (Fsp3) is 0.846. The Morgan fingerprint density at radius 3 is 2.58 bits per heavy atom. The summed E-state index contributed by atoms with van der Waals surface area (Å²) in [4.78, 5) is 23.3. The van der Waals surface area contributed by atoms with E-state index in [-0.39, 0.29) is 24.0 Å². The number of alkyl carbamates (subject to hydrolysis) is 1. The molecule has 1 N–H and O–H groups in total. The van der Waals surface area contributed by atoms with Crippen LogP contribution in [0.2, 0.25) is 0 Å². The molecule has 19 heavy (non-hydrogen) atoms. The molecule has 0 aliphatic heterocycles. The predicted octanol–water partition coefficient (Wildman–Crippen LogP) is 2.81. The Morgan fingerprint density at radius 1 is 1.32 bits per heavy atom. The van der Waals surface area contributed by atoms with Crippen LogP contribution < -0.4 is 5.32 Å². The Morgan fingerprint density at radius 2 is 2.00 bits per heavy atom. The lowest BCUT2D eigenvalue weighted by atomic mass is 9.86. The molecule has 0 bridgehead atoms. The zero-order chi connectivity index (χ0) is 14.5. The summed E-state index contributed by atoms with van der Waals surface area (Å²) in [5.41, 5.74) is -0.518. The van der Waals surface area contributed by atoms with Gasteiger partial charge in [0.15, 0.2) is 6.07 Å². The molecular weight excluding hydrogens is 270 g/mol. The number of halogens is 1. The largest absolute Gasteiger partial charge is 0.449 e. The van der Waals surface area contributed by atoms with Crippen molar-refractivity contribution in [2.24, 2.45) is 5.92 Å². The number of amides is 1. The number of carbonyl (C=O) groups excluding carboxylic acids is 2. The Bertz CT molecular complexity index is 327. The molecule has 1 aliphatic rings. The van der Waals surface area contributed by atoms with Crippen molar-refractivity contribution in [2.45, 2.75) is 58.1 Å². The number of ether oxygens (including phenoxy) is 2. The van der Waals surface area contributed by atoms with Gasteiger partial charge in [0.1, 0.15) is 5.60 Å². The van der Waals surface area contributed by atoms with Crippen molar-refractivity contribution in [3.05, 3.63) is 0 Å². The lowest BCUT2D eigenvalue weighted by molar-refractivity contribution is -0.147. The molecular formula is C13H22ClNO4. The van der Waals surface area contributed by atoms with Crippen molar-refractivity contribution in [3.63, 3.8) is 0 Å². The van der Waals surface area contributed by atoms with Crippen molar-refractivity contribution >= 4 is 23.7 Å². The lowest BCUT2D eigenvalue weighted by Gasteiger charge is -2.29. The SMILES string of the molecule is CC(C)(C)OC(=O)NC1CCCC(C(=O)OCCl)C1. The van der Waals surface area contributed by atoms with Crippen LogP contribution >= 0.6 is 11.6 Å². The van der Waals surface area contributed by atoms with Gasteiger partial charge in [0.25, 0.3) is 0 Å². The maximum absolute atomic E-state index is 11.7. The molecule has 1 rings (SSSR count). The maximum atomic E-state index is 11.7. The van der Waals surface area contributed by atoms with Gasteiger partial charge in [-0.15, -0.1) is 0 Å². The molecule has 0 saturated heterocycles. The molecule has 0 radical (unpaired) electrons. The lowest BCUT2D eigenvalue weighted by Crippen LogP contribution is -2.42. The van der Waals surface area contributed by atoms with Crippen LogP contribution in [0.15, 0.2) is 0 Å². The second-order valence-corrected chi connectivity index (χ2v) is 6.00. The molecule has 2 unspecified atom stereocenters. The Kier molecular flexibility index (Phi) is 5.91. The standard InChI is InChI=1S/C13H22ClNO4/c1-13(2,3)19-12(17)15-10-6-4-5-9(7-10)11(16)18-8-14/h9-10H,4-8H2,1-3H3,(H,15,17). The molecule has 110 valence electrons. The second-order valence-electron chi connectivity index (χ2n) is 5.78. The molecule has 0 spiro atoms. The summed E-state index contributed by atoms with van der Waals surface area (Å²) in [6.07, 6.45) is 2.65. The summed E-state index contributed by atoms with van der Waals surface area (Å²) in [5.74, 6) is -0.474. The van der Waals surface area contributed by atoms with Crippen molar-refractivity contribution < 1.29 is 19.1 Å². The molecule has 0 aromatic rings. The predicted molar refractivity (Wildman–Crippen MR) is 71.9 cm³/mol. The summed E-state index contributed by atoms with van der Waals surface area (Å²) in [6, 6.07) is -0.170. The molecule has 1 aliphatic carbocycles. The summed E-state index contributed by atoms with van der Waals surface area (Å²) in [6.45, 7) is 5.44. The van der Waals surface area contributed by atoms with Gasteiger partial charge in [0, 0.05) is 6.04 Å². The van der Waals surface area contributed by atoms with E-state index in [1.165, 1.54) is 0 Å². The average Bonchev–Trinajstić information content (AvgIpc) is 2.27. The van der Waals surface area contributed by atoms with E-state index in [1.807, 2.05) is 20.8 Å². The molecule has 1 saturated carbocycles. The highest BCUT2D eigenvalue weighted by Gasteiger charge is 2.30. The minimum absolute atomic E-state index is 0.0449. The normalized spacial score (nSPS) is 23.6. The Hall–Kier alpha value is -0.970. The van der Waals surface area contributed by atoms with E-state index in [4.69, 9.17) is 21.1 Å². The summed E-state index contributed by atoms with van der Waals surface area (Å²) in [5, 5.41) is 2.80. The van der Waals surface area contributed by atoms with Crippen LogP contribution in [0.1, 0.15) is 46.5 Å². The van der Waals surface area contributed by atoms with Crippen LogP contribution in [-0.4, -0.2) is 29.8 Å². The zero-order valence-corrected chi connectivity index (χ0v) is 12.5. The molecule has 2 atom stereocenters. The van der Waals surface area contributed by atoms with Crippen LogP contribution in [0, 0.1) is 5.92 Å². The third-order valence-electron chi connectivity index (χ3n) is 2.93. The van der Waals surface area contributed by atoms with Crippen LogP contribution in [-0.2, 0) is 14.3 Å². The fourth-order valence-electron chi connectivity index (χ4n) is 2.18. The number of hydrogen-bond donors (Lipinski definition) is 1. The number of hydrogen-bond acceptors (Lipinski definition) is 4. The fourth-order valence-corrected chi connectivity index (χ4v) is 2.29.